The van der Waals surface area contributed by atoms with E-state index in [0.29, 0.717) is 19.4 Å². The summed E-state index contributed by atoms with van der Waals surface area (Å²) in [5, 5.41) is 0. The largest absolute Gasteiger partial charge is 0.465 e. The van der Waals surface area contributed by atoms with Crippen LogP contribution >= 0.6 is 0 Å². The van der Waals surface area contributed by atoms with Crippen molar-refractivity contribution in [2.75, 3.05) is 13.2 Å². The fraction of sp³-hybridized carbons (Fsp3) is 0.636. The van der Waals surface area contributed by atoms with Crippen LogP contribution in [0.2, 0.25) is 0 Å². The van der Waals surface area contributed by atoms with Crippen molar-refractivity contribution in [2.24, 2.45) is 5.41 Å². The number of hydrogen-bond donors (Lipinski definition) is 0. The van der Waals surface area contributed by atoms with Gasteiger partial charge in [-0.1, -0.05) is 6.08 Å². The van der Waals surface area contributed by atoms with E-state index in [-0.39, 0.29) is 13.0 Å². The molecule has 0 saturated carbocycles. The fourth-order valence-electron chi connectivity index (χ4n) is 1.75. The van der Waals surface area contributed by atoms with Gasteiger partial charge in [0.1, 0.15) is 0 Å². The quantitative estimate of drug-likeness (QED) is 0.402. The summed E-state index contributed by atoms with van der Waals surface area (Å²) in [7, 11) is 0. The lowest BCUT2D eigenvalue weighted by Gasteiger charge is -2.31. The van der Waals surface area contributed by atoms with Crippen molar-refractivity contribution >= 4 is 11.9 Å². The Bertz CT molecular complexity index is 272. The second kappa shape index (κ2) is 4.96. The number of ether oxygens (including phenoxy) is 2. The maximum absolute atomic E-state index is 11.7. The summed E-state index contributed by atoms with van der Waals surface area (Å²) in [5.41, 5.74) is -1.14. The summed E-state index contributed by atoms with van der Waals surface area (Å²) in [5.74, 6) is -0.971. The third-order valence-electron chi connectivity index (χ3n) is 2.53. The molecule has 0 amide bonds. The third-order valence-corrected chi connectivity index (χ3v) is 2.53. The molecule has 0 aromatic rings. The molecule has 15 heavy (non-hydrogen) atoms. The van der Waals surface area contributed by atoms with Gasteiger partial charge in [0.25, 0.3) is 0 Å². The standard InChI is InChI=1S/C11H16O4/c1-3-6-11(9(12)14-4-2)7-5-8-15-10(11)13/h3H,1,4-8H2,2H3/t11-/m0/s1. The molecular weight excluding hydrogens is 196 g/mol. The minimum Gasteiger partial charge on any atom is -0.465 e. The first-order chi connectivity index (χ1) is 7.17. The van der Waals surface area contributed by atoms with Crippen molar-refractivity contribution < 1.29 is 19.1 Å². The predicted molar refractivity (Wildman–Crippen MR) is 54.1 cm³/mol. The molecule has 0 aliphatic carbocycles. The smallest absolute Gasteiger partial charge is 0.323 e. The van der Waals surface area contributed by atoms with Gasteiger partial charge in [-0.3, -0.25) is 9.59 Å². The SMILES string of the molecule is C=CC[C@@]1(C(=O)OCC)CCCOC1=O. The highest BCUT2D eigenvalue weighted by molar-refractivity contribution is 6.00. The van der Waals surface area contributed by atoms with Gasteiger partial charge in [0.05, 0.1) is 13.2 Å². The Morgan fingerprint density at radius 1 is 1.73 bits per heavy atom. The van der Waals surface area contributed by atoms with Crippen molar-refractivity contribution in [1.29, 1.82) is 0 Å². The minimum absolute atomic E-state index is 0.269. The zero-order chi connectivity index (χ0) is 11.3. The van der Waals surface area contributed by atoms with E-state index >= 15 is 0 Å². The van der Waals surface area contributed by atoms with Gasteiger partial charge >= 0.3 is 11.9 Å². The molecule has 0 unspecified atom stereocenters. The molecule has 0 radical (unpaired) electrons. The van der Waals surface area contributed by atoms with Crippen LogP contribution in [0.1, 0.15) is 26.2 Å². The molecule has 0 spiro atoms. The van der Waals surface area contributed by atoms with Crippen LogP contribution in [0.25, 0.3) is 0 Å². The Hall–Kier alpha value is -1.32. The van der Waals surface area contributed by atoms with Gasteiger partial charge in [-0.05, 0) is 26.2 Å². The highest BCUT2D eigenvalue weighted by Gasteiger charge is 2.49. The van der Waals surface area contributed by atoms with Gasteiger partial charge in [-0.2, -0.15) is 0 Å². The summed E-state index contributed by atoms with van der Waals surface area (Å²) in [6.07, 6.45) is 3.02. The summed E-state index contributed by atoms with van der Waals surface area (Å²) in [6, 6.07) is 0. The molecule has 1 aliphatic rings. The van der Waals surface area contributed by atoms with Crippen LogP contribution in [0.5, 0.6) is 0 Å². The van der Waals surface area contributed by atoms with E-state index < -0.39 is 17.4 Å². The van der Waals surface area contributed by atoms with Gasteiger partial charge in [0, 0.05) is 0 Å². The summed E-state index contributed by atoms with van der Waals surface area (Å²) in [6.45, 7) is 5.93. The molecule has 4 heteroatoms. The van der Waals surface area contributed by atoms with Crippen LogP contribution in [-0.4, -0.2) is 25.2 Å². The molecule has 84 valence electrons. The first-order valence-corrected chi connectivity index (χ1v) is 5.12. The van der Waals surface area contributed by atoms with Crippen LogP contribution < -0.4 is 0 Å². The van der Waals surface area contributed by atoms with Gasteiger partial charge in [0.2, 0.25) is 0 Å². The van der Waals surface area contributed by atoms with Crippen molar-refractivity contribution in [3.8, 4) is 0 Å². The van der Waals surface area contributed by atoms with E-state index in [2.05, 4.69) is 6.58 Å². The number of rotatable bonds is 4. The normalized spacial score (nSPS) is 25.5. The molecule has 4 nitrogen and oxygen atoms in total. The van der Waals surface area contributed by atoms with Crippen LogP contribution in [0.15, 0.2) is 12.7 Å². The zero-order valence-electron chi connectivity index (χ0n) is 8.95. The minimum atomic E-state index is -1.14. The average Bonchev–Trinajstić information content (AvgIpc) is 2.22. The topological polar surface area (TPSA) is 52.6 Å². The monoisotopic (exact) mass is 212 g/mol. The lowest BCUT2D eigenvalue weighted by atomic mass is 9.79. The van der Waals surface area contributed by atoms with Crippen LogP contribution in [0, 0.1) is 5.41 Å². The molecule has 0 aromatic heterocycles. The fourth-order valence-corrected chi connectivity index (χ4v) is 1.75. The van der Waals surface area contributed by atoms with E-state index in [4.69, 9.17) is 9.47 Å². The highest BCUT2D eigenvalue weighted by atomic mass is 16.6. The first kappa shape index (κ1) is 11.8. The van der Waals surface area contributed by atoms with E-state index in [1.54, 1.807) is 13.0 Å². The molecule has 1 saturated heterocycles. The lowest BCUT2D eigenvalue weighted by molar-refractivity contribution is -0.177. The van der Waals surface area contributed by atoms with Crippen LogP contribution in [0.3, 0.4) is 0 Å². The summed E-state index contributed by atoms with van der Waals surface area (Å²) in [4.78, 5) is 23.4. The molecule has 1 aliphatic heterocycles. The molecule has 0 N–H and O–H groups in total. The summed E-state index contributed by atoms with van der Waals surface area (Å²) < 4.78 is 9.85. The molecule has 1 fully saturated rings. The molecule has 1 rings (SSSR count). The van der Waals surface area contributed by atoms with E-state index in [0.717, 1.165) is 0 Å². The second-order valence-electron chi connectivity index (χ2n) is 3.53. The van der Waals surface area contributed by atoms with Gasteiger partial charge in [-0.25, -0.2) is 0 Å². The Kier molecular flexibility index (Phi) is 3.88. The molecule has 1 heterocycles. The van der Waals surface area contributed by atoms with Crippen LogP contribution in [0.4, 0.5) is 0 Å². The van der Waals surface area contributed by atoms with Crippen LogP contribution in [-0.2, 0) is 19.1 Å². The Morgan fingerprint density at radius 2 is 2.47 bits per heavy atom. The number of esters is 2. The first-order valence-electron chi connectivity index (χ1n) is 5.12. The number of hydrogen-bond acceptors (Lipinski definition) is 4. The van der Waals surface area contributed by atoms with Gasteiger partial charge in [-0.15, -0.1) is 6.58 Å². The van der Waals surface area contributed by atoms with E-state index in [1.165, 1.54) is 0 Å². The second-order valence-corrected chi connectivity index (χ2v) is 3.53. The average molecular weight is 212 g/mol. The third kappa shape index (κ3) is 2.19. The Labute approximate surface area is 89.2 Å². The van der Waals surface area contributed by atoms with E-state index in [9.17, 15) is 9.59 Å². The van der Waals surface area contributed by atoms with E-state index in [1.807, 2.05) is 0 Å². The maximum atomic E-state index is 11.7. The molecule has 0 aromatic carbocycles. The zero-order valence-corrected chi connectivity index (χ0v) is 8.95. The number of cyclic esters (lactones) is 1. The van der Waals surface area contributed by atoms with Gasteiger partial charge < -0.3 is 9.47 Å². The summed E-state index contributed by atoms with van der Waals surface area (Å²) >= 11 is 0. The number of allylic oxidation sites excluding steroid dienone is 1. The predicted octanol–water partition coefficient (Wildman–Crippen LogP) is 1.45. The van der Waals surface area contributed by atoms with Crippen molar-refractivity contribution in [2.45, 2.75) is 26.2 Å². The molecular formula is C11H16O4. The highest BCUT2D eigenvalue weighted by Crippen LogP contribution is 2.35. The maximum Gasteiger partial charge on any atom is 0.323 e. The number of carbonyl (C=O) groups excluding carboxylic acids is 2. The van der Waals surface area contributed by atoms with Crippen molar-refractivity contribution in [3.63, 3.8) is 0 Å². The Balaban J connectivity index is 2.89. The van der Waals surface area contributed by atoms with Crippen molar-refractivity contribution in [3.05, 3.63) is 12.7 Å². The molecule has 1 atom stereocenters. The molecule has 0 bridgehead atoms. The van der Waals surface area contributed by atoms with Crippen molar-refractivity contribution in [1.82, 2.24) is 0 Å². The lowest BCUT2D eigenvalue weighted by Crippen LogP contribution is -2.44. The van der Waals surface area contributed by atoms with Gasteiger partial charge in [0.15, 0.2) is 5.41 Å². The number of carbonyl (C=O) groups is 2. The Morgan fingerprint density at radius 3 is 3.00 bits per heavy atom.